The Morgan fingerprint density at radius 3 is 2.89 bits per heavy atom. The maximum Gasteiger partial charge on any atom is 0.211 e. The van der Waals surface area contributed by atoms with Crippen molar-refractivity contribution in [1.29, 1.82) is 0 Å². The second kappa shape index (κ2) is 4.57. The SMILES string of the molecule is CCSc1nnc2c(n1)[nH]c1ccc(CC)cc12. The number of thioether (sulfide) groups is 1. The molecule has 0 saturated heterocycles. The minimum Gasteiger partial charge on any atom is -0.338 e. The molecule has 0 unspecified atom stereocenters. The number of aryl methyl sites for hydroxylation is 1. The molecule has 0 spiro atoms. The monoisotopic (exact) mass is 258 g/mol. The highest BCUT2D eigenvalue weighted by atomic mass is 32.2. The lowest BCUT2D eigenvalue weighted by atomic mass is 10.1. The Labute approximate surface area is 109 Å². The second-order valence-electron chi connectivity index (χ2n) is 4.08. The molecular formula is C13H14N4S. The van der Waals surface area contributed by atoms with E-state index in [1.807, 2.05) is 0 Å². The van der Waals surface area contributed by atoms with Crippen LogP contribution in [0, 0.1) is 0 Å². The third-order valence-corrected chi connectivity index (χ3v) is 3.66. The van der Waals surface area contributed by atoms with Crippen LogP contribution in [0.3, 0.4) is 0 Å². The number of H-pyrrole nitrogens is 1. The van der Waals surface area contributed by atoms with E-state index in [0.29, 0.717) is 0 Å². The lowest BCUT2D eigenvalue weighted by Gasteiger charge is -1.96. The first-order chi connectivity index (χ1) is 8.81. The van der Waals surface area contributed by atoms with E-state index in [1.54, 1.807) is 11.8 Å². The molecule has 3 rings (SSSR count). The Morgan fingerprint density at radius 1 is 1.22 bits per heavy atom. The van der Waals surface area contributed by atoms with Gasteiger partial charge in [-0.25, -0.2) is 4.98 Å². The summed E-state index contributed by atoms with van der Waals surface area (Å²) in [5.74, 6) is 0.952. The van der Waals surface area contributed by atoms with Gasteiger partial charge in [0.1, 0.15) is 5.52 Å². The van der Waals surface area contributed by atoms with Crippen LogP contribution in [0.15, 0.2) is 23.4 Å². The third-order valence-electron chi connectivity index (χ3n) is 2.94. The Hall–Kier alpha value is -1.62. The standard InChI is InChI=1S/C13H14N4S/c1-3-8-5-6-10-9(7-8)11-12(14-10)15-13(17-16-11)18-4-2/h5-7H,3-4H2,1-2H3,(H,14,15,17). The lowest BCUT2D eigenvalue weighted by molar-refractivity contribution is 0.878. The summed E-state index contributed by atoms with van der Waals surface area (Å²) in [7, 11) is 0. The van der Waals surface area contributed by atoms with Gasteiger partial charge in [-0.3, -0.25) is 0 Å². The van der Waals surface area contributed by atoms with Gasteiger partial charge in [-0.2, -0.15) is 0 Å². The van der Waals surface area contributed by atoms with Gasteiger partial charge >= 0.3 is 0 Å². The van der Waals surface area contributed by atoms with E-state index in [4.69, 9.17) is 0 Å². The highest BCUT2D eigenvalue weighted by Gasteiger charge is 2.09. The molecule has 2 heterocycles. The number of hydrogen-bond donors (Lipinski definition) is 1. The van der Waals surface area contributed by atoms with Crippen molar-refractivity contribution >= 4 is 33.8 Å². The summed E-state index contributed by atoms with van der Waals surface area (Å²) in [5, 5.41) is 10.3. The quantitative estimate of drug-likeness (QED) is 0.733. The zero-order valence-corrected chi connectivity index (χ0v) is 11.2. The number of benzene rings is 1. The third kappa shape index (κ3) is 1.84. The molecule has 4 nitrogen and oxygen atoms in total. The Kier molecular flexibility index (Phi) is 2.91. The molecule has 1 aromatic carbocycles. The van der Waals surface area contributed by atoms with Crippen LogP contribution in [-0.2, 0) is 6.42 Å². The minimum absolute atomic E-state index is 0.729. The molecule has 1 N–H and O–H groups in total. The number of aromatic amines is 1. The molecule has 92 valence electrons. The van der Waals surface area contributed by atoms with E-state index in [0.717, 1.165) is 39.4 Å². The van der Waals surface area contributed by atoms with Gasteiger partial charge in [0.25, 0.3) is 0 Å². The molecule has 5 heteroatoms. The fraction of sp³-hybridized carbons (Fsp3) is 0.308. The summed E-state index contributed by atoms with van der Waals surface area (Å²) in [4.78, 5) is 7.79. The van der Waals surface area contributed by atoms with Crippen LogP contribution in [0.4, 0.5) is 0 Å². The fourth-order valence-corrected chi connectivity index (χ4v) is 2.53. The van der Waals surface area contributed by atoms with Crippen molar-refractivity contribution in [3.05, 3.63) is 23.8 Å². The normalized spacial score (nSPS) is 11.4. The molecule has 2 aromatic heterocycles. The zero-order valence-electron chi connectivity index (χ0n) is 10.4. The number of hydrogen-bond acceptors (Lipinski definition) is 4. The van der Waals surface area contributed by atoms with Crippen LogP contribution in [0.2, 0.25) is 0 Å². The molecule has 0 bridgehead atoms. The molecule has 0 radical (unpaired) electrons. The molecule has 0 fully saturated rings. The first-order valence-corrected chi connectivity index (χ1v) is 7.08. The smallest absolute Gasteiger partial charge is 0.211 e. The van der Waals surface area contributed by atoms with Gasteiger partial charge in [-0.05, 0) is 29.9 Å². The first kappa shape index (κ1) is 11.5. The molecule has 0 atom stereocenters. The van der Waals surface area contributed by atoms with E-state index >= 15 is 0 Å². The van der Waals surface area contributed by atoms with Crippen LogP contribution in [0.5, 0.6) is 0 Å². The van der Waals surface area contributed by atoms with E-state index in [1.165, 1.54) is 5.56 Å². The molecule has 18 heavy (non-hydrogen) atoms. The summed E-state index contributed by atoms with van der Waals surface area (Å²) in [5.41, 5.74) is 4.06. The highest BCUT2D eigenvalue weighted by molar-refractivity contribution is 7.99. The number of fused-ring (bicyclic) bond motifs is 3. The predicted molar refractivity (Wildman–Crippen MR) is 75.0 cm³/mol. The number of aromatic nitrogens is 4. The molecule has 0 aliphatic rings. The predicted octanol–water partition coefficient (Wildman–Crippen LogP) is 3.18. The number of rotatable bonds is 3. The Morgan fingerprint density at radius 2 is 2.11 bits per heavy atom. The zero-order chi connectivity index (χ0) is 12.5. The summed E-state index contributed by atoms with van der Waals surface area (Å²) >= 11 is 1.60. The molecule has 0 amide bonds. The van der Waals surface area contributed by atoms with Crippen molar-refractivity contribution < 1.29 is 0 Å². The molecular weight excluding hydrogens is 244 g/mol. The molecule has 0 aliphatic heterocycles. The van der Waals surface area contributed by atoms with Crippen LogP contribution < -0.4 is 0 Å². The van der Waals surface area contributed by atoms with Gasteiger partial charge in [-0.15, -0.1) is 10.2 Å². The second-order valence-corrected chi connectivity index (χ2v) is 5.31. The largest absolute Gasteiger partial charge is 0.338 e. The summed E-state index contributed by atoms with van der Waals surface area (Å²) < 4.78 is 0. The van der Waals surface area contributed by atoms with Gasteiger partial charge < -0.3 is 4.98 Å². The minimum atomic E-state index is 0.729. The number of nitrogens with zero attached hydrogens (tertiary/aromatic N) is 3. The van der Waals surface area contributed by atoms with Crippen molar-refractivity contribution in [2.75, 3.05) is 5.75 Å². The summed E-state index contributed by atoms with van der Waals surface area (Å²) in [6.07, 6.45) is 1.02. The van der Waals surface area contributed by atoms with E-state index in [9.17, 15) is 0 Å². The molecule has 3 aromatic rings. The Balaban J connectivity index is 2.23. The van der Waals surface area contributed by atoms with Crippen LogP contribution in [0.1, 0.15) is 19.4 Å². The van der Waals surface area contributed by atoms with Gasteiger partial charge in [0, 0.05) is 10.9 Å². The van der Waals surface area contributed by atoms with Crippen molar-refractivity contribution in [2.45, 2.75) is 25.4 Å². The average Bonchev–Trinajstić information content (AvgIpc) is 2.75. The van der Waals surface area contributed by atoms with Gasteiger partial charge in [0.2, 0.25) is 5.16 Å². The fourth-order valence-electron chi connectivity index (χ4n) is 2.01. The highest BCUT2D eigenvalue weighted by Crippen LogP contribution is 2.24. The van der Waals surface area contributed by atoms with E-state index in [-0.39, 0.29) is 0 Å². The van der Waals surface area contributed by atoms with Gasteiger partial charge in [0.05, 0.1) is 0 Å². The van der Waals surface area contributed by atoms with E-state index < -0.39 is 0 Å². The average molecular weight is 258 g/mol. The van der Waals surface area contributed by atoms with Crippen LogP contribution >= 0.6 is 11.8 Å². The summed E-state index contributed by atoms with van der Waals surface area (Å²) in [6.45, 7) is 4.23. The van der Waals surface area contributed by atoms with Gasteiger partial charge in [0.15, 0.2) is 5.65 Å². The van der Waals surface area contributed by atoms with Crippen molar-refractivity contribution in [2.24, 2.45) is 0 Å². The summed E-state index contributed by atoms with van der Waals surface area (Å²) in [6, 6.07) is 6.38. The van der Waals surface area contributed by atoms with Crippen LogP contribution in [0.25, 0.3) is 22.1 Å². The maximum atomic E-state index is 4.49. The van der Waals surface area contributed by atoms with Crippen molar-refractivity contribution in [1.82, 2.24) is 20.2 Å². The maximum absolute atomic E-state index is 4.49. The topological polar surface area (TPSA) is 54.5 Å². The Bertz CT molecular complexity index is 705. The van der Waals surface area contributed by atoms with Crippen LogP contribution in [-0.4, -0.2) is 25.9 Å². The van der Waals surface area contributed by atoms with Gasteiger partial charge in [-0.1, -0.05) is 31.7 Å². The van der Waals surface area contributed by atoms with Crippen molar-refractivity contribution in [3.63, 3.8) is 0 Å². The first-order valence-electron chi connectivity index (χ1n) is 6.09. The number of nitrogens with one attached hydrogen (secondary N) is 1. The lowest BCUT2D eigenvalue weighted by Crippen LogP contribution is -1.91. The van der Waals surface area contributed by atoms with Crippen molar-refractivity contribution in [3.8, 4) is 0 Å². The molecule has 0 aliphatic carbocycles. The molecule has 0 saturated carbocycles. The van der Waals surface area contributed by atoms with E-state index in [2.05, 4.69) is 52.2 Å².